The molecule has 116 valence electrons. The van der Waals surface area contributed by atoms with Gasteiger partial charge in [-0.3, -0.25) is 4.79 Å². The Morgan fingerprint density at radius 3 is 2.67 bits per heavy atom. The number of amides is 1. The van der Waals surface area contributed by atoms with E-state index in [1.165, 1.54) is 12.8 Å². The van der Waals surface area contributed by atoms with Crippen LogP contribution in [0.25, 0.3) is 0 Å². The van der Waals surface area contributed by atoms with Crippen molar-refractivity contribution in [3.8, 4) is 0 Å². The summed E-state index contributed by atoms with van der Waals surface area (Å²) in [5.74, 6) is 0.0582. The Balaban J connectivity index is 1.86. The topological polar surface area (TPSA) is 54.5 Å². The smallest absolute Gasteiger partial charge is 0.272 e. The van der Waals surface area contributed by atoms with Gasteiger partial charge in [0.1, 0.15) is 5.69 Å². The van der Waals surface area contributed by atoms with Crippen molar-refractivity contribution in [1.29, 1.82) is 0 Å². The third kappa shape index (κ3) is 5.01. The van der Waals surface area contributed by atoms with E-state index in [-0.39, 0.29) is 5.91 Å². The normalized spacial score (nSPS) is 15.6. The van der Waals surface area contributed by atoms with Crippen LogP contribution in [0.2, 0.25) is 0 Å². The van der Waals surface area contributed by atoms with Gasteiger partial charge in [0.25, 0.3) is 5.91 Å². The highest BCUT2D eigenvalue weighted by Crippen LogP contribution is 2.13. The molecule has 0 saturated carbocycles. The minimum Gasteiger partial charge on any atom is -0.385 e. The highest BCUT2D eigenvalue weighted by molar-refractivity contribution is 5.92. The quantitative estimate of drug-likeness (QED) is 0.818. The number of carbonyl (C=O) groups excluding carboxylic acids is 1. The molecule has 0 unspecified atom stereocenters. The van der Waals surface area contributed by atoms with Gasteiger partial charge < -0.3 is 15.0 Å². The van der Waals surface area contributed by atoms with Crippen LogP contribution in [-0.4, -0.2) is 49.1 Å². The summed E-state index contributed by atoms with van der Waals surface area (Å²) in [6.45, 7) is 3.30. The molecule has 21 heavy (non-hydrogen) atoms. The van der Waals surface area contributed by atoms with E-state index in [9.17, 15) is 4.79 Å². The molecule has 1 aromatic heterocycles. The fourth-order valence-corrected chi connectivity index (χ4v) is 2.51. The second-order valence-corrected chi connectivity index (χ2v) is 5.41. The van der Waals surface area contributed by atoms with Crippen molar-refractivity contribution in [2.24, 2.45) is 0 Å². The number of carbonyl (C=O) groups is 1. The Morgan fingerprint density at radius 2 is 2.05 bits per heavy atom. The zero-order valence-corrected chi connectivity index (χ0v) is 12.8. The van der Waals surface area contributed by atoms with Crippen molar-refractivity contribution in [1.82, 2.24) is 9.88 Å². The van der Waals surface area contributed by atoms with Gasteiger partial charge >= 0.3 is 0 Å². The van der Waals surface area contributed by atoms with Gasteiger partial charge in [0, 0.05) is 33.4 Å². The fourth-order valence-electron chi connectivity index (χ4n) is 2.51. The molecule has 0 aromatic carbocycles. The Hall–Kier alpha value is -1.62. The zero-order valence-electron chi connectivity index (χ0n) is 12.8. The standard InChI is InChI=1S/C16H25N3O2/c1-21-12-6-9-17-14-7-8-15(18-13-14)16(20)19-10-4-2-3-5-11-19/h7-8,13,17H,2-6,9-12H2,1H3. The number of anilines is 1. The molecule has 0 aliphatic carbocycles. The molecule has 0 bridgehead atoms. The summed E-state index contributed by atoms with van der Waals surface area (Å²) in [6, 6.07) is 3.73. The van der Waals surface area contributed by atoms with Crippen molar-refractivity contribution >= 4 is 11.6 Å². The maximum absolute atomic E-state index is 12.4. The van der Waals surface area contributed by atoms with Crippen LogP contribution in [0, 0.1) is 0 Å². The van der Waals surface area contributed by atoms with Gasteiger partial charge in [-0.15, -0.1) is 0 Å². The number of hydrogen-bond acceptors (Lipinski definition) is 4. The van der Waals surface area contributed by atoms with E-state index in [1.54, 1.807) is 13.3 Å². The average molecular weight is 291 g/mol. The highest BCUT2D eigenvalue weighted by atomic mass is 16.5. The number of likely N-dealkylation sites (tertiary alicyclic amines) is 1. The lowest BCUT2D eigenvalue weighted by Gasteiger charge is -2.19. The van der Waals surface area contributed by atoms with Crippen molar-refractivity contribution in [2.75, 3.05) is 38.7 Å². The second-order valence-electron chi connectivity index (χ2n) is 5.41. The van der Waals surface area contributed by atoms with Gasteiger partial charge in [-0.05, 0) is 31.4 Å². The molecule has 1 amide bonds. The van der Waals surface area contributed by atoms with Gasteiger partial charge in [0.2, 0.25) is 0 Å². The van der Waals surface area contributed by atoms with E-state index in [4.69, 9.17) is 4.74 Å². The Morgan fingerprint density at radius 1 is 1.29 bits per heavy atom. The van der Waals surface area contributed by atoms with Crippen molar-refractivity contribution in [2.45, 2.75) is 32.1 Å². The molecule has 0 spiro atoms. The summed E-state index contributed by atoms with van der Waals surface area (Å²) >= 11 is 0. The van der Waals surface area contributed by atoms with E-state index in [0.29, 0.717) is 5.69 Å². The summed E-state index contributed by atoms with van der Waals surface area (Å²) in [5.41, 5.74) is 1.48. The number of pyridine rings is 1. The summed E-state index contributed by atoms with van der Waals surface area (Å²) in [6.07, 6.45) is 7.33. The minimum absolute atomic E-state index is 0.0582. The first-order chi connectivity index (χ1) is 10.3. The molecule has 2 heterocycles. The molecular weight excluding hydrogens is 266 g/mol. The van der Waals surface area contributed by atoms with Gasteiger partial charge in [-0.2, -0.15) is 0 Å². The van der Waals surface area contributed by atoms with Crippen LogP contribution in [-0.2, 0) is 4.74 Å². The molecule has 1 aliphatic heterocycles. The van der Waals surface area contributed by atoms with Crippen LogP contribution in [0.1, 0.15) is 42.6 Å². The van der Waals surface area contributed by atoms with Crippen molar-refractivity contribution in [3.63, 3.8) is 0 Å². The first kappa shape index (κ1) is 15.8. The third-order valence-electron chi connectivity index (χ3n) is 3.73. The number of ether oxygens (including phenoxy) is 1. The third-order valence-corrected chi connectivity index (χ3v) is 3.73. The van der Waals surface area contributed by atoms with Crippen LogP contribution in [0.4, 0.5) is 5.69 Å². The summed E-state index contributed by atoms with van der Waals surface area (Å²) < 4.78 is 5.00. The molecule has 1 fully saturated rings. The molecule has 1 saturated heterocycles. The van der Waals surface area contributed by atoms with Crippen LogP contribution < -0.4 is 5.32 Å². The molecule has 5 heteroatoms. The highest BCUT2D eigenvalue weighted by Gasteiger charge is 2.18. The van der Waals surface area contributed by atoms with Crippen molar-refractivity contribution in [3.05, 3.63) is 24.0 Å². The lowest BCUT2D eigenvalue weighted by Crippen LogP contribution is -2.32. The first-order valence-electron chi connectivity index (χ1n) is 7.79. The number of hydrogen-bond donors (Lipinski definition) is 1. The van der Waals surface area contributed by atoms with Gasteiger partial charge in [-0.25, -0.2) is 4.98 Å². The largest absolute Gasteiger partial charge is 0.385 e. The molecule has 1 aliphatic rings. The number of nitrogens with zero attached hydrogens (tertiary/aromatic N) is 2. The van der Waals surface area contributed by atoms with E-state index >= 15 is 0 Å². The average Bonchev–Trinajstić information content (AvgIpc) is 2.81. The van der Waals surface area contributed by atoms with Crippen LogP contribution in [0.15, 0.2) is 18.3 Å². The molecule has 1 N–H and O–H groups in total. The van der Waals surface area contributed by atoms with Crippen LogP contribution >= 0.6 is 0 Å². The van der Waals surface area contributed by atoms with E-state index in [1.807, 2.05) is 17.0 Å². The zero-order chi connectivity index (χ0) is 14.9. The summed E-state index contributed by atoms with van der Waals surface area (Å²) in [7, 11) is 1.70. The fraction of sp³-hybridized carbons (Fsp3) is 0.625. The molecule has 0 radical (unpaired) electrons. The predicted molar refractivity (Wildman–Crippen MR) is 83.6 cm³/mol. The van der Waals surface area contributed by atoms with E-state index < -0.39 is 0 Å². The van der Waals surface area contributed by atoms with Gasteiger partial charge in [-0.1, -0.05) is 12.8 Å². The van der Waals surface area contributed by atoms with Crippen LogP contribution in [0.3, 0.4) is 0 Å². The molecular formula is C16H25N3O2. The molecule has 2 rings (SSSR count). The maximum atomic E-state index is 12.4. The summed E-state index contributed by atoms with van der Waals surface area (Å²) in [4.78, 5) is 18.6. The number of aromatic nitrogens is 1. The molecule has 1 aromatic rings. The predicted octanol–water partition coefficient (Wildman–Crippen LogP) is 2.55. The molecule has 0 atom stereocenters. The second kappa shape index (κ2) is 8.62. The SMILES string of the molecule is COCCCNc1ccc(C(=O)N2CCCCCC2)nc1. The maximum Gasteiger partial charge on any atom is 0.272 e. The lowest BCUT2D eigenvalue weighted by molar-refractivity contribution is 0.0756. The van der Waals surface area contributed by atoms with E-state index in [0.717, 1.165) is 51.2 Å². The Labute approximate surface area is 126 Å². The van der Waals surface area contributed by atoms with Gasteiger partial charge in [0.05, 0.1) is 11.9 Å². The monoisotopic (exact) mass is 291 g/mol. The van der Waals surface area contributed by atoms with Crippen LogP contribution in [0.5, 0.6) is 0 Å². The Kier molecular flexibility index (Phi) is 6.47. The lowest BCUT2D eigenvalue weighted by atomic mass is 10.2. The molecule has 5 nitrogen and oxygen atoms in total. The number of methoxy groups -OCH3 is 1. The van der Waals surface area contributed by atoms with E-state index in [2.05, 4.69) is 10.3 Å². The van der Waals surface area contributed by atoms with Crippen molar-refractivity contribution < 1.29 is 9.53 Å². The minimum atomic E-state index is 0.0582. The number of rotatable bonds is 6. The van der Waals surface area contributed by atoms with Gasteiger partial charge in [0.15, 0.2) is 0 Å². The Bertz CT molecular complexity index is 426. The first-order valence-corrected chi connectivity index (χ1v) is 7.79. The summed E-state index contributed by atoms with van der Waals surface area (Å²) in [5, 5.41) is 3.27. The number of nitrogens with one attached hydrogen (secondary N) is 1.